The first-order chi connectivity index (χ1) is 9.40. The van der Waals surface area contributed by atoms with Gasteiger partial charge in [-0.1, -0.05) is 6.92 Å². The van der Waals surface area contributed by atoms with E-state index in [0.29, 0.717) is 12.2 Å². The normalized spacial score (nSPS) is 11.7. The lowest BCUT2D eigenvalue weighted by atomic mass is 10.3. The molecule has 0 aromatic carbocycles. The molecule has 2 aromatic heterocycles. The predicted molar refractivity (Wildman–Crippen MR) is 68.0 cm³/mol. The van der Waals surface area contributed by atoms with Crippen LogP contribution >= 0.6 is 0 Å². The lowest BCUT2D eigenvalue weighted by molar-refractivity contribution is -0.144. The van der Waals surface area contributed by atoms with Crippen molar-refractivity contribution in [1.82, 2.24) is 19.7 Å². The van der Waals surface area contributed by atoms with Crippen LogP contribution in [0.3, 0.4) is 0 Å². The maximum Gasteiger partial charge on any atom is 0.451 e. The zero-order chi connectivity index (χ0) is 14.8. The van der Waals surface area contributed by atoms with Gasteiger partial charge in [-0.25, -0.2) is 9.97 Å². The zero-order valence-electron chi connectivity index (χ0n) is 11.1. The van der Waals surface area contributed by atoms with Gasteiger partial charge in [0, 0.05) is 25.9 Å². The van der Waals surface area contributed by atoms with Crippen LogP contribution in [0.1, 0.15) is 19.2 Å². The van der Waals surface area contributed by atoms with E-state index in [1.165, 1.54) is 10.7 Å². The molecule has 0 amide bonds. The first-order valence-corrected chi connectivity index (χ1v) is 6.10. The van der Waals surface area contributed by atoms with Crippen molar-refractivity contribution in [2.45, 2.75) is 19.5 Å². The fourth-order valence-electron chi connectivity index (χ4n) is 1.60. The van der Waals surface area contributed by atoms with Gasteiger partial charge in [-0.2, -0.15) is 18.3 Å². The third-order valence-corrected chi connectivity index (χ3v) is 2.51. The number of aromatic nitrogens is 4. The van der Waals surface area contributed by atoms with Crippen LogP contribution in [0, 0.1) is 0 Å². The Morgan fingerprint density at radius 1 is 1.25 bits per heavy atom. The molecule has 0 saturated carbocycles. The molecule has 0 saturated heterocycles. The van der Waals surface area contributed by atoms with Crippen LogP contribution in [0.5, 0.6) is 0 Å². The summed E-state index contributed by atoms with van der Waals surface area (Å²) >= 11 is 0. The van der Waals surface area contributed by atoms with Gasteiger partial charge in [0.1, 0.15) is 11.5 Å². The molecule has 5 nitrogen and oxygen atoms in total. The Morgan fingerprint density at radius 3 is 2.55 bits per heavy atom. The molecule has 0 aliphatic heterocycles. The minimum atomic E-state index is -4.59. The summed E-state index contributed by atoms with van der Waals surface area (Å²) in [6.45, 7) is 2.45. The summed E-state index contributed by atoms with van der Waals surface area (Å²) < 4.78 is 39.9. The van der Waals surface area contributed by atoms with Gasteiger partial charge < -0.3 is 5.32 Å². The molecule has 108 valence electrons. The Balaban J connectivity index is 2.45. The van der Waals surface area contributed by atoms with Gasteiger partial charge in [0.15, 0.2) is 0 Å². The molecule has 2 rings (SSSR count). The number of hydrogen-bond acceptors (Lipinski definition) is 4. The number of rotatable bonds is 4. The maximum absolute atomic E-state index is 12.8. The minimum Gasteiger partial charge on any atom is -0.370 e. The Bertz CT molecular complexity index is 591. The largest absolute Gasteiger partial charge is 0.451 e. The van der Waals surface area contributed by atoms with Crippen molar-refractivity contribution in [3.8, 4) is 11.4 Å². The van der Waals surface area contributed by atoms with E-state index < -0.39 is 12.0 Å². The molecule has 0 bridgehead atoms. The monoisotopic (exact) mass is 285 g/mol. The summed E-state index contributed by atoms with van der Waals surface area (Å²) in [5.74, 6) is -1.02. The summed E-state index contributed by atoms with van der Waals surface area (Å²) in [6, 6.07) is 3.07. The number of alkyl halides is 3. The SMILES string of the molecule is CCCNc1cc(-c2ccn(C)n2)nc(C(F)(F)F)n1. The molecular formula is C12H14F3N5. The second-order valence-electron chi connectivity index (χ2n) is 4.26. The third-order valence-electron chi connectivity index (χ3n) is 2.51. The van der Waals surface area contributed by atoms with Gasteiger partial charge in [-0.3, -0.25) is 4.68 Å². The van der Waals surface area contributed by atoms with E-state index in [2.05, 4.69) is 20.4 Å². The highest BCUT2D eigenvalue weighted by Gasteiger charge is 2.35. The van der Waals surface area contributed by atoms with Crippen LogP contribution in [0.4, 0.5) is 19.0 Å². The number of halogens is 3. The Labute approximate surface area is 113 Å². The second-order valence-corrected chi connectivity index (χ2v) is 4.26. The summed E-state index contributed by atoms with van der Waals surface area (Å²) in [4.78, 5) is 7.04. The molecule has 0 spiro atoms. The number of aryl methyl sites for hydroxylation is 1. The molecule has 0 radical (unpaired) electrons. The summed E-state index contributed by atoms with van der Waals surface area (Å²) in [5.41, 5.74) is 0.520. The first kappa shape index (κ1) is 14.3. The zero-order valence-corrected chi connectivity index (χ0v) is 11.1. The number of anilines is 1. The summed E-state index contributed by atoms with van der Waals surface area (Å²) in [7, 11) is 1.69. The van der Waals surface area contributed by atoms with Crippen LogP contribution in [0.15, 0.2) is 18.3 Å². The second kappa shape index (κ2) is 5.48. The van der Waals surface area contributed by atoms with Crippen molar-refractivity contribution in [3.05, 3.63) is 24.2 Å². The maximum atomic E-state index is 12.8. The lowest BCUT2D eigenvalue weighted by Gasteiger charge is -2.10. The highest BCUT2D eigenvalue weighted by molar-refractivity contribution is 5.58. The Hall–Kier alpha value is -2.12. The molecule has 2 heterocycles. The average molecular weight is 285 g/mol. The van der Waals surface area contributed by atoms with Crippen LogP contribution in [-0.2, 0) is 13.2 Å². The topological polar surface area (TPSA) is 55.6 Å². The molecule has 0 unspecified atom stereocenters. The Morgan fingerprint density at radius 2 is 2.00 bits per heavy atom. The van der Waals surface area contributed by atoms with E-state index in [1.54, 1.807) is 19.3 Å². The van der Waals surface area contributed by atoms with Crippen molar-refractivity contribution in [1.29, 1.82) is 0 Å². The van der Waals surface area contributed by atoms with Crippen molar-refractivity contribution < 1.29 is 13.2 Å². The van der Waals surface area contributed by atoms with E-state index in [9.17, 15) is 13.2 Å². The minimum absolute atomic E-state index is 0.145. The molecule has 2 aromatic rings. The van der Waals surface area contributed by atoms with E-state index in [-0.39, 0.29) is 11.5 Å². The fourth-order valence-corrected chi connectivity index (χ4v) is 1.60. The lowest BCUT2D eigenvalue weighted by Crippen LogP contribution is -2.14. The summed E-state index contributed by atoms with van der Waals surface area (Å²) in [6.07, 6.45) is -2.17. The molecule has 20 heavy (non-hydrogen) atoms. The van der Waals surface area contributed by atoms with Gasteiger partial charge in [0.25, 0.3) is 0 Å². The van der Waals surface area contributed by atoms with Crippen LogP contribution in [-0.4, -0.2) is 26.3 Å². The standard InChI is InChI=1S/C12H14F3N5/c1-3-5-16-10-7-9(8-4-6-20(2)19-8)17-11(18-10)12(13,14)15/h4,6-7H,3,5H2,1-2H3,(H,16,17,18). The highest BCUT2D eigenvalue weighted by Crippen LogP contribution is 2.29. The van der Waals surface area contributed by atoms with E-state index in [0.717, 1.165) is 6.42 Å². The first-order valence-electron chi connectivity index (χ1n) is 6.10. The smallest absolute Gasteiger partial charge is 0.370 e. The van der Waals surface area contributed by atoms with Gasteiger partial charge in [-0.15, -0.1) is 0 Å². The molecule has 0 atom stereocenters. The van der Waals surface area contributed by atoms with Crippen LogP contribution < -0.4 is 5.32 Å². The van der Waals surface area contributed by atoms with Crippen LogP contribution in [0.25, 0.3) is 11.4 Å². The fraction of sp³-hybridized carbons (Fsp3) is 0.417. The molecular weight excluding hydrogens is 271 g/mol. The van der Waals surface area contributed by atoms with Crippen molar-refractivity contribution in [2.24, 2.45) is 7.05 Å². The van der Waals surface area contributed by atoms with Crippen molar-refractivity contribution in [2.75, 3.05) is 11.9 Å². The summed E-state index contributed by atoms with van der Waals surface area (Å²) in [5, 5.41) is 6.89. The van der Waals surface area contributed by atoms with Crippen LogP contribution in [0.2, 0.25) is 0 Å². The van der Waals surface area contributed by atoms with Gasteiger partial charge >= 0.3 is 6.18 Å². The van der Waals surface area contributed by atoms with E-state index >= 15 is 0 Å². The third kappa shape index (κ3) is 3.25. The van der Waals surface area contributed by atoms with E-state index in [1.807, 2.05) is 6.92 Å². The molecule has 8 heteroatoms. The molecule has 0 fully saturated rings. The Kier molecular flexibility index (Phi) is 3.91. The molecule has 1 N–H and O–H groups in total. The predicted octanol–water partition coefficient (Wildman–Crippen LogP) is 2.72. The quantitative estimate of drug-likeness (QED) is 0.938. The van der Waals surface area contributed by atoms with Gasteiger partial charge in [0.05, 0.1) is 5.69 Å². The van der Waals surface area contributed by atoms with Gasteiger partial charge in [0.2, 0.25) is 5.82 Å². The van der Waals surface area contributed by atoms with E-state index in [4.69, 9.17) is 0 Å². The average Bonchev–Trinajstić information content (AvgIpc) is 2.82. The van der Waals surface area contributed by atoms with Crippen molar-refractivity contribution in [3.63, 3.8) is 0 Å². The number of hydrogen-bond donors (Lipinski definition) is 1. The van der Waals surface area contributed by atoms with Gasteiger partial charge in [-0.05, 0) is 12.5 Å². The molecule has 0 aliphatic rings. The number of nitrogens with zero attached hydrogens (tertiary/aromatic N) is 4. The highest BCUT2D eigenvalue weighted by atomic mass is 19.4. The molecule has 0 aliphatic carbocycles. The van der Waals surface area contributed by atoms with Crippen molar-refractivity contribution >= 4 is 5.82 Å². The number of nitrogens with one attached hydrogen (secondary N) is 1.